The second kappa shape index (κ2) is 8.34. The monoisotopic (exact) mass is 403 g/mol. The number of likely N-dealkylation sites (tertiary alicyclic amines) is 2. The molecular formula is C21H33N5O3. The lowest BCUT2D eigenvalue weighted by Crippen LogP contribution is -2.54. The fourth-order valence-corrected chi connectivity index (χ4v) is 5.41. The minimum absolute atomic E-state index is 0.00915. The first-order valence-corrected chi connectivity index (χ1v) is 10.9. The topological polar surface area (TPSA) is 79.7 Å². The van der Waals surface area contributed by atoms with Gasteiger partial charge in [0.2, 0.25) is 5.91 Å². The average Bonchev–Trinajstić information content (AvgIpc) is 3.34. The van der Waals surface area contributed by atoms with Crippen molar-refractivity contribution in [2.45, 2.75) is 57.5 Å². The molecule has 4 rings (SSSR count). The van der Waals surface area contributed by atoms with E-state index >= 15 is 0 Å². The molecule has 2 aliphatic heterocycles. The van der Waals surface area contributed by atoms with E-state index in [2.05, 4.69) is 15.2 Å². The smallest absolute Gasteiger partial charge is 0.409 e. The zero-order valence-corrected chi connectivity index (χ0v) is 17.6. The predicted octanol–water partition coefficient (Wildman–Crippen LogP) is 1.82. The van der Waals surface area contributed by atoms with Crippen LogP contribution in [0.15, 0.2) is 12.4 Å². The molecule has 160 valence electrons. The van der Waals surface area contributed by atoms with Crippen LogP contribution in [-0.4, -0.2) is 77.2 Å². The van der Waals surface area contributed by atoms with Gasteiger partial charge in [0, 0.05) is 44.5 Å². The van der Waals surface area contributed by atoms with Crippen LogP contribution in [0.4, 0.5) is 4.79 Å². The third kappa shape index (κ3) is 4.13. The number of aromatic nitrogens is 2. The molecule has 29 heavy (non-hydrogen) atoms. The number of hydrogen-bond acceptors (Lipinski definition) is 5. The quantitative estimate of drug-likeness (QED) is 0.811. The Morgan fingerprint density at radius 1 is 1.28 bits per heavy atom. The highest BCUT2D eigenvalue weighted by atomic mass is 16.6. The number of nitrogens with one attached hydrogen (secondary N) is 1. The molecule has 1 aliphatic carbocycles. The van der Waals surface area contributed by atoms with Crippen LogP contribution in [0.25, 0.3) is 0 Å². The summed E-state index contributed by atoms with van der Waals surface area (Å²) in [5.74, 6) is 1.47. The van der Waals surface area contributed by atoms with E-state index in [1.807, 2.05) is 22.6 Å². The van der Waals surface area contributed by atoms with E-state index in [0.29, 0.717) is 30.5 Å². The number of nitrogens with zero attached hydrogens (tertiary/aromatic N) is 4. The summed E-state index contributed by atoms with van der Waals surface area (Å²) in [4.78, 5) is 32.8. The number of amides is 2. The van der Waals surface area contributed by atoms with Crippen molar-refractivity contribution in [2.24, 2.45) is 5.41 Å². The molecule has 3 aliphatic rings. The summed E-state index contributed by atoms with van der Waals surface area (Å²) in [7, 11) is 1.67. The van der Waals surface area contributed by atoms with Gasteiger partial charge in [0.05, 0.1) is 6.61 Å². The highest BCUT2D eigenvalue weighted by Gasteiger charge is 2.51. The van der Waals surface area contributed by atoms with Crippen molar-refractivity contribution in [1.29, 1.82) is 0 Å². The average molecular weight is 404 g/mol. The predicted molar refractivity (Wildman–Crippen MR) is 109 cm³/mol. The third-order valence-corrected chi connectivity index (χ3v) is 7.05. The highest BCUT2D eigenvalue weighted by Crippen LogP contribution is 2.51. The molecule has 2 saturated heterocycles. The van der Waals surface area contributed by atoms with E-state index in [1.165, 1.54) is 12.8 Å². The standard InChI is InChI=1S/C21H33N5O3/c1-3-29-20(28)26-10-6-21(15-26)12-17(13-21)24-8-4-16(5-9-24)19-23-7-11-25(19)14-18(27)22-2/h7,11,16-17H,3-6,8-10,12-15H2,1-2H3,(H,22,27). The fraction of sp³-hybridized carbons (Fsp3) is 0.762. The van der Waals surface area contributed by atoms with Crippen LogP contribution in [0.5, 0.6) is 0 Å². The number of rotatable bonds is 5. The Balaban J connectivity index is 1.25. The molecule has 1 saturated carbocycles. The summed E-state index contributed by atoms with van der Waals surface area (Å²) in [5, 5.41) is 2.68. The largest absolute Gasteiger partial charge is 0.450 e. The lowest BCUT2D eigenvalue weighted by molar-refractivity contribution is -0.121. The van der Waals surface area contributed by atoms with Crippen molar-refractivity contribution in [2.75, 3.05) is 39.8 Å². The first-order valence-electron chi connectivity index (χ1n) is 10.9. The van der Waals surface area contributed by atoms with Crippen LogP contribution < -0.4 is 5.32 Å². The maximum Gasteiger partial charge on any atom is 0.409 e. The van der Waals surface area contributed by atoms with Gasteiger partial charge in [0.15, 0.2) is 0 Å². The summed E-state index contributed by atoms with van der Waals surface area (Å²) >= 11 is 0. The van der Waals surface area contributed by atoms with Gasteiger partial charge >= 0.3 is 6.09 Å². The van der Waals surface area contributed by atoms with Gasteiger partial charge in [0.25, 0.3) is 0 Å². The Kier molecular flexibility index (Phi) is 5.81. The van der Waals surface area contributed by atoms with Gasteiger partial charge < -0.3 is 24.4 Å². The van der Waals surface area contributed by atoms with Crippen molar-refractivity contribution in [3.8, 4) is 0 Å². The minimum Gasteiger partial charge on any atom is -0.450 e. The molecule has 1 aromatic rings. The Morgan fingerprint density at radius 2 is 2.03 bits per heavy atom. The molecule has 8 nitrogen and oxygen atoms in total. The Morgan fingerprint density at radius 3 is 2.72 bits per heavy atom. The molecule has 3 fully saturated rings. The first-order chi connectivity index (χ1) is 14.0. The number of ether oxygens (including phenoxy) is 1. The third-order valence-electron chi connectivity index (χ3n) is 7.05. The van der Waals surface area contributed by atoms with E-state index in [9.17, 15) is 9.59 Å². The van der Waals surface area contributed by atoms with Crippen molar-refractivity contribution >= 4 is 12.0 Å². The highest BCUT2D eigenvalue weighted by molar-refractivity contribution is 5.75. The molecular weight excluding hydrogens is 370 g/mol. The van der Waals surface area contributed by atoms with Gasteiger partial charge in [0.1, 0.15) is 12.4 Å². The summed E-state index contributed by atoms with van der Waals surface area (Å²) in [5.41, 5.74) is 0.318. The van der Waals surface area contributed by atoms with E-state index in [4.69, 9.17) is 4.74 Å². The van der Waals surface area contributed by atoms with Gasteiger partial charge in [-0.25, -0.2) is 9.78 Å². The second-order valence-electron chi connectivity index (χ2n) is 8.83. The molecule has 0 aromatic carbocycles. The SMILES string of the molecule is CCOC(=O)N1CCC2(CC(N3CCC(c4nccn4CC(=O)NC)CC3)C2)C1. The molecule has 0 unspecified atom stereocenters. The Labute approximate surface area is 172 Å². The number of likely N-dealkylation sites (N-methyl/N-ethyl adjacent to an activating group) is 1. The zero-order chi connectivity index (χ0) is 20.4. The van der Waals surface area contributed by atoms with E-state index in [-0.39, 0.29) is 12.0 Å². The van der Waals surface area contributed by atoms with E-state index < -0.39 is 0 Å². The lowest BCUT2D eigenvalue weighted by atomic mass is 9.64. The minimum atomic E-state index is -0.152. The molecule has 1 N–H and O–H groups in total. The maximum atomic E-state index is 12.0. The number of carbonyl (C=O) groups is 2. The van der Waals surface area contributed by atoms with Gasteiger partial charge in [-0.3, -0.25) is 4.79 Å². The van der Waals surface area contributed by atoms with E-state index in [1.54, 1.807) is 13.2 Å². The van der Waals surface area contributed by atoms with Crippen molar-refractivity contribution in [3.05, 3.63) is 18.2 Å². The molecule has 8 heteroatoms. The molecule has 1 aromatic heterocycles. The van der Waals surface area contributed by atoms with Gasteiger partial charge in [-0.1, -0.05) is 0 Å². The second-order valence-corrected chi connectivity index (χ2v) is 8.83. The normalized spacial score (nSPS) is 27.8. The number of piperidine rings is 1. The maximum absolute atomic E-state index is 12.0. The van der Waals surface area contributed by atoms with Crippen molar-refractivity contribution < 1.29 is 14.3 Å². The molecule has 2 amide bonds. The summed E-state index contributed by atoms with van der Waals surface area (Å²) < 4.78 is 7.15. The molecule has 0 atom stereocenters. The van der Waals surface area contributed by atoms with Crippen LogP contribution in [0.3, 0.4) is 0 Å². The van der Waals surface area contributed by atoms with Crippen LogP contribution >= 0.6 is 0 Å². The Hall–Kier alpha value is -2.09. The van der Waals surface area contributed by atoms with Crippen molar-refractivity contribution in [1.82, 2.24) is 24.7 Å². The van der Waals surface area contributed by atoms with Crippen molar-refractivity contribution in [3.63, 3.8) is 0 Å². The molecule has 0 radical (unpaired) electrons. The number of imidazole rings is 1. The summed E-state index contributed by atoms with van der Waals surface area (Å²) in [6, 6.07) is 0.642. The fourth-order valence-electron chi connectivity index (χ4n) is 5.41. The first kappa shape index (κ1) is 20.2. The van der Waals surface area contributed by atoms with Crippen LogP contribution in [-0.2, 0) is 16.1 Å². The van der Waals surface area contributed by atoms with Gasteiger partial charge in [-0.15, -0.1) is 0 Å². The van der Waals surface area contributed by atoms with Crippen LogP contribution in [0, 0.1) is 5.41 Å². The lowest BCUT2D eigenvalue weighted by Gasteiger charge is -2.51. The molecule has 1 spiro atoms. The van der Waals surface area contributed by atoms with E-state index in [0.717, 1.165) is 51.3 Å². The summed E-state index contributed by atoms with van der Waals surface area (Å²) in [6.07, 6.45) is 9.22. The number of carbonyl (C=O) groups excluding carboxylic acids is 2. The van der Waals surface area contributed by atoms with Gasteiger partial charge in [-0.2, -0.15) is 0 Å². The van der Waals surface area contributed by atoms with Crippen LogP contribution in [0.2, 0.25) is 0 Å². The Bertz CT molecular complexity index is 734. The molecule has 0 bridgehead atoms. The summed E-state index contributed by atoms with van der Waals surface area (Å²) in [6.45, 7) is 6.50. The molecule has 3 heterocycles. The van der Waals surface area contributed by atoms with Gasteiger partial charge in [-0.05, 0) is 57.5 Å². The zero-order valence-electron chi connectivity index (χ0n) is 17.6. The van der Waals surface area contributed by atoms with Crippen LogP contribution in [0.1, 0.15) is 50.8 Å². The number of hydrogen-bond donors (Lipinski definition) is 1.